The first-order chi connectivity index (χ1) is 7.51. The lowest BCUT2D eigenvalue weighted by Crippen LogP contribution is -2.06. The predicted molar refractivity (Wildman–Crippen MR) is 58.3 cm³/mol. The van der Waals surface area contributed by atoms with Crippen molar-refractivity contribution in [2.45, 2.75) is 6.92 Å². The van der Waals surface area contributed by atoms with Gasteiger partial charge in [-0.1, -0.05) is 0 Å². The molecular weight excluding hydrogens is 234 g/mol. The van der Waals surface area contributed by atoms with Crippen molar-refractivity contribution in [3.63, 3.8) is 0 Å². The van der Waals surface area contributed by atoms with Gasteiger partial charge in [0.25, 0.3) is 5.69 Å². The van der Waals surface area contributed by atoms with Crippen LogP contribution in [-0.4, -0.2) is 22.9 Å². The Bertz CT molecular complexity index is 470. The molecule has 0 unspecified atom stereocenters. The minimum Gasteiger partial charge on any atom is -0.298 e. The van der Waals surface area contributed by atoms with E-state index in [4.69, 9.17) is 11.6 Å². The number of nitro benzene ring substituents is 1. The molecule has 0 N–H and O–H groups in total. The Kier molecular flexibility index (Phi) is 3.73. The summed E-state index contributed by atoms with van der Waals surface area (Å²) < 4.78 is 0. The quantitative estimate of drug-likeness (QED) is 0.266. The molecule has 0 amide bonds. The van der Waals surface area contributed by atoms with Crippen LogP contribution >= 0.6 is 11.6 Å². The number of carbonyl (C=O) groups is 2. The van der Waals surface area contributed by atoms with E-state index in [-0.39, 0.29) is 28.5 Å². The van der Waals surface area contributed by atoms with Crippen LogP contribution in [0.3, 0.4) is 0 Å². The van der Waals surface area contributed by atoms with E-state index >= 15 is 0 Å². The molecule has 0 saturated carbocycles. The third kappa shape index (κ3) is 2.25. The molecule has 1 aromatic rings. The number of alkyl halides is 1. The highest BCUT2D eigenvalue weighted by atomic mass is 35.5. The first-order valence-electron chi connectivity index (χ1n) is 4.34. The number of benzene rings is 1. The summed E-state index contributed by atoms with van der Waals surface area (Å²) in [7, 11) is 0. The second-order valence-electron chi connectivity index (χ2n) is 3.16. The summed E-state index contributed by atoms with van der Waals surface area (Å²) in [6.07, 6.45) is 0.350. The number of halogens is 1. The molecule has 16 heavy (non-hydrogen) atoms. The van der Waals surface area contributed by atoms with Crippen molar-refractivity contribution in [2.75, 3.05) is 5.88 Å². The Morgan fingerprint density at radius 3 is 2.62 bits per heavy atom. The summed E-state index contributed by atoms with van der Waals surface area (Å²) in [6, 6.07) is 2.40. The van der Waals surface area contributed by atoms with Crippen LogP contribution < -0.4 is 0 Å². The van der Waals surface area contributed by atoms with Gasteiger partial charge in [-0.3, -0.25) is 19.7 Å². The Morgan fingerprint density at radius 1 is 1.56 bits per heavy atom. The number of nitrogens with zero attached hydrogens (tertiary/aromatic N) is 1. The van der Waals surface area contributed by atoms with Crippen LogP contribution in [0.4, 0.5) is 5.69 Å². The molecule has 5 nitrogen and oxygen atoms in total. The minimum absolute atomic E-state index is 0.121. The van der Waals surface area contributed by atoms with Gasteiger partial charge in [-0.2, -0.15) is 0 Å². The smallest absolute Gasteiger partial charge is 0.280 e. The summed E-state index contributed by atoms with van der Waals surface area (Å²) >= 11 is 5.38. The van der Waals surface area contributed by atoms with Crippen LogP contribution in [0, 0.1) is 17.0 Å². The fraction of sp³-hybridized carbons (Fsp3) is 0.200. The van der Waals surface area contributed by atoms with Gasteiger partial charge in [-0.15, -0.1) is 11.6 Å². The molecule has 0 aliphatic rings. The van der Waals surface area contributed by atoms with Gasteiger partial charge in [-0.25, -0.2) is 0 Å². The number of aryl methyl sites for hydroxylation is 1. The van der Waals surface area contributed by atoms with E-state index in [1.54, 1.807) is 6.92 Å². The van der Waals surface area contributed by atoms with Gasteiger partial charge < -0.3 is 0 Å². The number of nitro groups is 1. The number of hydrogen-bond donors (Lipinski definition) is 0. The molecule has 0 heterocycles. The summed E-state index contributed by atoms with van der Waals surface area (Å²) in [6.45, 7) is 1.56. The maximum atomic E-state index is 11.4. The van der Waals surface area contributed by atoms with Gasteiger partial charge >= 0.3 is 0 Å². The molecule has 0 saturated heterocycles. The SMILES string of the molecule is Cc1cc([N+](=O)[O-])c(C=O)cc1C(=O)CCl. The van der Waals surface area contributed by atoms with Gasteiger partial charge in [0.15, 0.2) is 12.1 Å². The van der Waals surface area contributed by atoms with E-state index in [0.29, 0.717) is 11.8 Å². The first kappa shape index (κ1) is 12.3. The summed E-state index contributed by atoms with van der Waals surface area (Å²) in [5.74, 6) is -0.589. The lowest BCUT2D eigenvalue weighted by Gasteiger charge is -2.04. The molecule has 0 spiro atoms. The molecule has 0 aliphatic carbocycles. The zero-order valence-corrected chi connectivity index (χ0v) is 9.15. The zero-order valence-electron chi connectivity index (χ0n) is 8.40. The number of Topliss-reactive ketones (excluding diaryl/α,β-unsaturated/α-hetero) is 1. The van der Waals surface area contributed by atoms with E-state index in [0.717, 1.165) is 0 Å². The number of hydrogen-bond acceptors (Lipinski definition) is 4. The summed E-state index contributed by atoms with van der Waals surface area (Å²) in [4.78, 5) is 32.0. The molecule has 0 radical (unpaired) electrons. The van der Waals surface area contributed by atoms with Gasteiger partial charge in [0, 0.05) is 11.6 Å². The highest BCUT2D eigenvalue weighted by Gasteiger charge is 2.18. The van der Waals surface area contributed by atoms with Crippen LogP contribution in [0.15, 0.2) is 12.1 Å². The number of aldehydes is 1. The average molecular weight is 242 g/mol. The number of carbonyl (C=O) groups excluding carboxylic acids is 2. The first-order valence-corrected chi connectivity index (χ1v) is 4.88. The molecule has 84 valence electrons. The molecule has 6 heteroatoms. The Hall–Kier alpha value is -1.75. The van der Waals surface area contributed by atoms with Gasteiger partial charge in [-0.05, 0) is 18.6 Å². The Morgan fingerprint density at radius 2 is 2.19 bits per heavy atom. The third-order valence-corrected chi connectivity index (χ3v) is 2.36. The largest absolute Gasteiger partial charge is 0.298 e. The standard InChI is InChI=1S/C10H8ClNO4/c1-6-2-9(12(15)16)7(5-13)3-8(6)10(14)4-11/h2-3,5H,4H2,1H3. The fourth-order valence-corrected chi connectivity index (χ4v) is 1.48. The molecule has 1 rings (SSSR count). The van der Waals surface area contributed by atoms with Crippen LogP contribution in [0.25, 0.3) is 0 Å². The van der Waals surface area contributed by atoms with E-state index in [2.05, 4.69) is 0 Å². The highest BCUT2D eigenvalue weighted by molar-refractivity contribution is 6.30. The normalized spacial score (nSPS) is 9.88. The number of rotatable bonds is 4. The molecule has 0 aromatic heterocycles. The second-order valence-corrected chi connectivity index (χ2v) is 3.42. The van der Waals surface area contributed by atoms with Crippen molar-refractivity contribution in [3.8, 4) is 0 Å². The highest BCUT2D eigenvalue weighted by Crippen LogP contribution is 2.22. The predicted octanol–water partition coefficient (Wildman–Crippen LogP) is 2.14. The van der Waals surface area contributed by atoms with Gasteiger partial charge in [0.1, 0.15) is 0 Å². The molecule has 1 aromatic carbocycles. The monoisotopic (exact) mass is 241 g/mol. The Labute approximate surface area is 96.2 Å². The maximum Gasteiger partial charge on any atom is 0.280 e. The Balaban J connectivity index is 3.42. The van der Waals surface area contributed by atoms with E-state index in [1.807, 2.05) is 0 Å². The zero-order chi connectivity index (χ0) is 12.3. The van der Waals surface area contributed by atoms with Crippen LogP contribution in [0.1, 0.15) is 26.3 Å². The molecule has 0 fully saturated rings. The van der Waals surface area contributed by atoms with Crippen LogP contribution in [0.5, 0.6) is 0 Å². The number of ketones is 1. The minimum atomic E-state index is -0.661. The summed E-state index contributed by atoms with van der Waals surface area (Å²) in [5, 5.41) is 10.6. The van der Waals surface area contributed by atoms with Gasteiger partial charge in [0.2, 0.25) is 0 Å². The maximum absolute atomic E-state index is 11.4. The molecule has 0 aliphatic heterocycles. The van der Waals surface area contributed by atoms with Crippen LogP contribution in [-0.2, 0) is 0 Å². The third-order valence-electron chi connectivity index (χ3n) is 2.12. The van der Waals surface area contributed by atoms with Crippen molar-refractivity contribution >= 4 is 29.4 Å². The van der Waals surface area contributed by atoms with Crippen molar-refractivity contribution in [1.29, 1.82) is 0 Å². The van der Waals surface area contributed by atoms with Crippen molar-refractivity contribution in [3.05, 3.63) is 38.9 Å². The average Bonchev–Trinajstić information content (AvgIpc) is 2.27. The van der Waals surface area contributed by atoms with E-state index in [1.165, 1.54) is 12.1 Å². The van der Waals surface area contributed by atoms with E-state index in [9.17, 15) is 19.7 Å². The van der Waals surface area contributed by atoms with Crippen molar-refractivity contribution in [2.24, 2.45) is 0 Å². The van der Waals surface area contributed by atoms with Gasteiger partial charge in [0.05, 0.1) is 16.4 Å². The molecular formula is C10H8ClNO4. The second kappa shape index (κ2) is 4.85. The lowest BCUT2D eigenvalue weighted by atomic mass is 10.0. The summed E-state index contributed by atoms with van der Waals surface area (Å²) in [5.41, 5.74) is 0.244. The lowest BCUT2D eigenvalue weighted by molar-refractivity contribution is -0.385. The van der Waals surface area contributed by atoms with Crippen molar-refractivity contribution in [1.82, 2.24) is 0 Å². The molecule has 0 bridgehead atoms. The van der Waals surface area contributed by atoms with E-state index < -0.39 is 4.92 Å². The van der Waals surface area contributed by atoms with Crippen LogP contribution in [0.2, 0.25) is 0 Å². The van der Waals surface area contributed by atoms with Crippen molar-refractivity contribution < 1.29 is 14.5 Å². The fourth-order valence-electron chi connectivity index (χ4n) is 1.33. The molecule has 0 atom stereocenters. The topological polar surface area (TPSA) is 77.3 Å².